The van der Waals surface area contributed by atoms with Crippen molar-refractivity contribution in [1.82, 2.24) is 0 Å². The van der Waals surface area contributed by atoms with E-state index in [0.29, 0.717) is 13.2 Å². The minimum Gasteiger partial charge on any atom is -0.374 e. The van der Waals surface area contributed by atoms with Gasteiger partial charge in [-0.1, -0.05) is 0 Å². The first-order valence-electron chi connectivity index (χ1n) is 3.19. The SMILES string of the molecule is COC1(OC)COCC1N. The molecule has 0 aromatic rings. The average molecular weight is 147 g/mol. The molecule has 2 N–H and O–H groups in total. The van der Waals surface area contributed by atoms with E-state index in [1.54, 1.807) is 14.2 Å². The Bertz CT molecular complexity index is 114. The summed E-state index contributed by atoms with van der Waals surface area (Å²) >= 11 is 0. The molecular weight excluding hydrogens is 134 g/mol. The molecule has 0 amide bonds. The molecule has 0 radical (unpaired) electrons. The predicted molar refractivity (Wildman–Crippen MR) is 35.5 cm³/mol. The fourth-order valence-electron chi connectivity index (χ4n) is 1.07. The molecule has 0 saturated carbocycles. The molecule has 1 atom stereocenters. The highest BCUT2D eigenvalue weighted by molar-refractivity contribution is 4.87. The van der Waals surface area contributed by atoms with Gasteiger partial charge in [-0.25, -0.2) is 0 Å². The Labute approximate surface area is 60.2 Å². The zero-order valence-corrected chi connectivity index (χ0v) is 6.29. The Balaban J connectivity index is 2.61. The minimum atomic E-state index is -0.708. The predicted octanol–water partition coefficient (Wildman–Crippen LogP) is -0.667. The van der Waals surface area contributed by atoms with Crippen molar-refractivity contribution in [3.05, 3.63) is 0 Å². The molecular formula is C6H13NO3. The van der Waals surface area contributed by atoms with Gasteiger partial charge in [0.1, 0.15) is 6.61 Å². The molecule has 1 fully saturated rings. The number of rotatable bonds is 2. The van der Waals surface area contributed by atoms with Crippen molar-refractivity contribution in [2.75, 3.05) is 27.4 Å². The highest BCUT2D eigenvalue weighted by Crippen LogP contribution is 2.21. The van der Waals surface area contributed by atoms with Gasteiger partial charge in [0.05, 0.1) is 12.6 Å². The topological polar surface area (TPSA) is 53.7 Å². The first-order chi connectivity index (χ1) is 4.75. The lowest BCUT2D eigenvalue weighted by Gasteiger charge is -2.27. The molecule has 0 spiro atoms. The van der Waals surface area contributed by atoms with Crippen LogP contribution < -0.4 is 5.73 Å². The molecule has 60 valence electrons. The maximum Gasteiger partial charge on any atom is 0.209 e. The van der Waals surface area contributed by atoms with Gasteiger partial charge in [0.15, 0.2) is 0 Å². The molecule has 0 aromatic heterocycles. The van der Waals surface area contributed by atoms with E-state index < -0.39 is 5.79 Å². The van der Waals surface area contributed by atoms with E-state index in [9.17, 15) is 0 Å². The smallest absolute Gasteiger partial charge is 0.209 e. The molecule has 4 nitrogen and oxygen atoms in total. The quantitative estimate of drug-likeness (QED) is 0.526. The normalized spacial score (nSPS) is 30.9. The molecule has 10 heavy (non-hydrogen) atoms. The largest absolute Gasteiger partial charge is 0.374 e. The molecule has 4 heteroatoms. The third-order valence-corrected chi connectivity index (χ3v) is 1.86. The van der Waals surface area contributed by atoms with Crippen LogP contribution in [-0.4, -0.2) is 39.3 Å². The Hall–Kier alpha value is -0.160. The van der Waals surface area contributed by atoms with Gasteiger partial charge in [-0.3, -0.25) is 0 Å². The number of methoxy groups -OCH3 is 2. The van der Waals surface area contributed by atoms with Crippen molar-refractivity contribution < 1.29 is 14.2 Å². The van der Waals surface area contributed by atoms with Gasteiger partial charge >= 0.3 is 0 Å². The van der Waals surface area contributed by atoms with Crippen molar-refractivity contribution in [1.29, 1.82) is 0 Å². The Morgan fingerprint density at radius 3 is 2.30 bits per heavy atom. The maximum absolute atomic E-state index is 5.66. The molecule has 0 bridgehead atoms. The van der Waals surface area contributed by atoms with Crippen LogP contribution in [0.15, 0.2) is 0 Å². The monoisotopic (exact) mass is 147 g/mol. The van der Waals surface area contributed by atoms with Crippen LogP contribution in [0.3, 0.4) is 0 Å². The fraction of sp³-hybridized carbons (Fsp3) is 1.00. The standard InChI is InChI=1S/C6H13NO3/c1-8-6(9-2)4-10-3-5(6)7/h5H,3-4,7H2,1-2H3. The van der Waals surface area contributed by atoms with E-state index in [2.05, 4.69) is 0 Å². The molecule has 1 aliphatic heterocycles. The molecule has 0 aliphatic carbocycles. The van der Waals surface area contributed by atoms with Crippen LogP contribution in [0.4, 0.5) is 0 Å². The molecule has 0 aromatic carbocycles. The van der Waals surface area contributed by atoms with Gasteiger partial charge in [-0.15, -0.1) is 0 Å². The van der Waals surface area contributed by atoms with Crippen LogP contribution in [0.1, 0.15) is 0 Å². The zero-order chi connectivity index (χ0) is 7.61. The Kier molecular flexibility index (Phi) is 2.25. The second-order valence-electron chi connectivity index (χ2n) is 2.34. The second-order valence-corrected chi connectivity index (χ2v) is 2.34. The van der Waals surface area contributed by atoms with Crippen LogP contribution in [0.2, 0.25) is 0 Å². The lowest BCUT2D eigenvalue weighted by atomic mass is 10.2. The van der Waals surface area contributed by atoms with Gasteiger partial charge in [-0.05, 0) is 0 Å². The molecule has 1 aliphatic rings. The molecule has 1 rings (SSSR count). The first kappa shape index (κ1) is 7.94. The summed E-state index contributed by atoms with van der Waals surface area (Å²) in [6, 6.07) is -0.178. The van der Waals surface area contributed by atoms with Crippen LogP contribution in [-0.2, 0) is 14.2 Å². The number of hydrogen-bond acceptors (Lipinski definition) is 4. The highest BCUT2D eigenvalue weighted by Gasteiger charge is 2.42. The minimum absolute atomic E-state index is 0.178. The summed E-state index contributed by atoms with van der Waals surface area (Å²) in [7, 11) is 3.14. The van der Waals surface area contributed by atoms with Gasteiger partial charge in [0.25, 0.3) is 0 Å². The summed E-state index contributed by atoms with van der Waals surface area (Å²) in [4.78, 5) is 0. The summed E-state index contributed by atoms with van der Waals surface area (Å²) in [5, 5.41) is 0. The van der Waals surface area contributed by atoms with Crippen molar-refractivity contribution in [3.8, 4) is 0 Å². The van der Waals surface area contributed by atoms with Gasteiger partial charge in [0, 0.05) is 14.2 Å². The van der Waals surface area contributed by atoms with Gasteiger partial charge < -0.3 is 19.9 Å². The van der Waals surface area contributed by atoms with E-state index in [0.717, 1.165) is 0 Å². The van der Waals surface area contributed by atoms with E-state index in [-0.39, 0.29) is 6.04 Å². The molecule has 1 unspecified atom stereocenters. The van der Waals surface area contributed by atoms with Crippen molar-refractivity contribution in [2.45, 2.75) is 11.8 Å². The molecule has 1 saturated heterocycles. The third-order valence-electron chi connectivity index (χ3n) is 1.86. The van der Waals surface area contributed by atoms with Gasteiger partial charge in [0.2, 0.25) is 5.79 Å². The third kappa shape index (κ3) is 1.03. The number of hydrogen-bond donors (Lipinski definition) is 1. The highest BCUT2D eigenvalue weighted by atomic mass is 16.7. The Morgan fingerprint density at radius 2 is 2.10 bits per heavy atom. The summed E-state index contributed by atoms with van der Waals surface area (Å²) in [6.45, 7) is 0.919. The summed E-state index contributed by atoms with van der Waals surface area (Å²) < 4.78 is 15.3. The van der Waals surface area contributed by atoms with Gasteiger partial charge in [-0.2, -0.15) is 0 Å². The fourth-order valence-corrected chi connectivity index (χ4v) is 1.07. The van der Waals surface area contributed by atoms with Crippen LogP contribution in [0, 0.1) is 0 Å². The maximum atomic E-state index is 5.66. The van der Waals surface area contributed by atoms with Crippen LogP contribution in [0.25, 0.3) is 0 Å². The lowest BCUT2D eigenvalue weighted by Crippen LogP contribution is -2.50. The van der Waals surface area contributed by atoms with E-state index in [4.69, 9.17) is 19.9 Å². The van der Waals surface area contributed by atoms with Crippen LogP contribution in [0.5, 0.6) is 0 Å². The van der Waals surface area contributed by atoms with E-state index >= 15 is 0 Å². The molecule has 1 heterocycles. The first-order valence-corrected chi connectivity index (χ1v) is 3.19. The van der Waals surface area contributed by atoms with Crippen molar-refractivity contribution in [3.63, 3.8) is 0 Å². The van der Waals surface area contributed by atoms with Crippen molar-refractivity contribution in [2.24, 2.45) is 5.73 Å². The summed E-state index contributed by atoms with van der Waals surface area (Å²) in [6.07, 6.45) is 0. The average Bonchev–Trinajstić information content (AvgIpc) is 2.32. The second kappa shape index (κ2) is 2.84. The summed E-state index contributed by atoms with van der Waals surface area (Å²) in [5.74, 6) is -0.708. The zero-order valence-electron chi connectivity index (χ0n) is 6.29. The van der Waals surface area contributed by atoms with E-state index in [1.807, 2.05) is 0 Å². The number of ether oxygens (including phenoxy) is 3. The lowest BCUT2D eigenvalue weighted by molar-refractivity contribution is -0.209. The van der Waals surface area contributed by atoms with Crippen molar-refractivity contribution >= 4 is 0 Å². The summed E-state index contributed by atoms with van der Waals surface area (Å²) in [5.41, 5.74) is 5.66. The number of nitrogens with two attached hydrogens (primary N) is 1. The Morgan fingerprint density at radius 1 is 1.50 bits per heavy atom. The van der Waals surface area contributed by atoms with E-state index in [1.165, 1.54) is 0 Å². The van der Waals surface area contributed by atoms with Crippen LogP contribution >= 0.6 is 0 Å².